The summed E-state index contributed by atoms with van der Waals surface area (Å²) in [6.45, 7) is 5.83. The molecular weight excluding hydrogens is 302 g/mol. The zero-order valence-corrected chi connectivity index (χ0v) is 14.7. The Balaban J connectivity index is 1.94. The van der Waals surface area contributed by atoms with Gasteiger partial charge in [-0.1, -0.05) is 37.3 Å². The van der Waals surface area contributed by atoms with Crippen molar-refractivity contribution in [1.29, 1.82) is 0 Å². The molecule has 4 heteroatoms. The highest BCUT2D eigenvalue weighted by molar-refractivity contribution is 5.81. The van der Waals surface area contributed by atoms with Gasteiger partial charge in [0.05, 0.1) is 13.2 Å². The van der Waals surface area contributed by atoms with Gasteiger partial charge in [-0.05, 0) is 43.5 Å². The molecule has 0 aromatic heterocycles. The third-order valence-corrected chi connectivity index (χ3v) is 3.97. The van der Waals surface area contributed by atoms with E-state index in [0.29, 0.717) is 11.5 Å². The largest absolute Gasteiger partial charge is 0.497 e. The zero-order chi connectivity index (χ0) is 17.5. The molecule has 0 heterocycles. The maximum atomic E-state index is 12.3. The van der Waals surface area contributed by atoms with Gasteiger partial charge < -0.3 is 14.8 Å². The van der Waals surface area contributed by atoms with E-state index < -0.39 is 6.10 Å². The van der Waals surface area contributed by atoms with Crippen LogP contribution in [-0.2, 0) is 11.2 Å². The summed E-state index contributed by atoms with van der Waals surface area (Å²) >= 11 is 0. The molecule has 2 aromatic carbocycles. The smallest absolute Gasteiger partial charge is 0.261 e. The van der Waals surface area contributed by atoms with Gasteiger partial charge in [0.1, 0.15) is 11.5 Å². The molecule has 2 aromatic rings. The highest BCUT2D eigenvalue weighted by Gasteiger charge is 2.18. The lowest BCUT2D eigenvalue weighted by Gasteiger charge is -2.19. The number of methoxy groups -OCH3 is 1. The van der Waals surface area contributed by atoms with Crippen molar-refractivity contribution in [1.82, 2.24) is 5.32 Å². The summed E-state index contributed by atoms with van der Waals surface area (Å²) in [5.41, 5.74) is 2.36. The number of carbonyl (C=O) groups is 1. The lowest BCUT2D eigenvalue weighted by Crippen LogP contribution is -2.37. The van der Waals surface area contributed by atoms with Gasteiger partial charge >= 0.3 is 0 Å². The third kappa shape index (κ3) is 4.75. The molecule has 0 unspecified atom stereocenters. The van der Waals surface area contributed by atoms with E-state index in [1.54, 1.807) is 26.2 Å². The molecule has 2 rings (SSSR count). The van der Waals surface area contributed by atoms with Gasteiger partial charge in [0.15, 0.2) is 6.10 Å². The van der Waals surface area contributed by atoms with E-state index in [0.717, 1.165) is 12.0 Å². The van der Waals surface area contributed by atoms with Crippen molar-refractivity contribution in [3.05, 3.63) is 59.7 Å². The summed E-state index contributed by atoms with van der Waals surface area (Å²) in [5, 5.41) is 2.99. The van der Waals surface area contributed by atoms with Gasteiger partial charge in [-0.2, -0.15) is 0 Å². The summed E-state index contributed by atoms with van der Waals surface area (Å²) < 4.78 is 10.9. The molecule has 4 nitrogen and oxygen atoms in total. The second-order valence-corrected chi connectivity index (χ2v) is 5.76. The zero-order valence-electron chi connectivity index (χ0n) is 14.7. The first-order valence-corrected chi connectivity index (χ1v) is 8.23. The molecule has 1 amide bonds. The van der Waals surface area contributed by atoms with Crippen molar-refractivity contribution in [2.24, 2.45) is 0 Å². The number of amides is 1. The molecule has 1 N–H and O–H groups in total. The normalized spacial score (nSPS) is 13.0. The third-order valence-electron chi connectivity index (χ3n) is 3.97. The first kappa shape index (κ1) is 17.9. The maximum absolute atomic E-state index is 12.3. The van der Waals surface area contributed by atoms with Crippen molar-refractivity contribution in [2.45, 2.75) is 39.3 Å². The standard InChI is InChI=1S/C20H25NO3/c1-5-16-9-11-17(12-10-16)14(2)21-20(22)15(3)24-19-8-6-7-18(13-19)23-4/h6-15H,5H2,1-4H3,(H,21,22)/t14-,15-/m1/s1. The maximum Gasteiger partial charge on any atom is 0.261 e. The average Bonchev–Trinajstić information content (AvgIpc) is 2.61. The van der Waals surface area contributed by atoms with E-state index in [-0.39, 0.29) is 11.9 Å². The van der Waals surface area contributed by atoms with Crippen molar-refractivity contribution >= 4 is 5.91 Å². The van der Waals surface area contributed by atoms with Crippen LogP contribution in [0, 0.1) is 0 Å². The second-order valence-electron chi connectivity index (χ2n) is 5.76. The van der Waals surface area contributed by atoms with Crippen LogP contribution in [0.3, 0.4) is 0 Å². The fraction of sp³-hybridized carbons (Fsp3) is 0.350. The monoisotopic (exact) mass is 327 g/mol. The number of benzene rings is 2. The van der Waals surface area contributed by atoms with Gasteiger partial charge in [-0.3, -0.25) is 4.79 Å². The SMILES string of the molecule is CCc1ccc([C@@H](C)NC(=O)[C@@H](C)Oc2cccc(OC)c2)cc1. The van der Waals surface area contributed by atoms with Crippen LogP contribution in [0.1, 0.15) is 37.9 Å². The van der Waals surface area contributed by atoms with Crippen molar-refractivity contribution in [3.63, 3.8) is 0 Å². The van der Waals surface area contributed by atoms with Gasteiger partial charge in [-0.15, -0.1) is 0 Å². The molecule has 0 aliphatic heterocycles. The molecule has 0 bridgehead atoms. The van der Waals surface area contributed by atoms with E-state index in [4.69, 9.17) is 9.47 Å². The first-order chi connectivity index (χ1) is 11.5. The van der Waals surface area contributed by atoms with Gasteiger partial charge in [-0.25, -0.2) is 0 Å². The first-order valence-electron chi connectivity index (χ1n) is 8.23. The Kier molecular flexibility index (Phi) is 6.24. The number of ether oxygens (including phenoxy) is 2. The molecule has 0 fully saturated rings. The van der Waals surface area contributed by atoms with E-state index in [2.05, 4.69) is 36.5 Å². The van der Waals surface area contributed by atoms with Crippen molar-refractivity contribution in [3.8, 4) is 11.5 Å². The molecule has 0 saturated heterocycles. The molecule has 0 saturated carbocycles. The highest BCUT2D eigenvalue weighted by Crippen LogP contribution is 2.20. The van der Waals surface area contributed by atoms with Gasteiger partial charge in [0, 0.05) is 6.07 Å². The summed E-state index contributed by atoms with van der Waals surface area (Å²) in [4.78, 5) is 12.3. The van der Waals surface area contributed by atoms with Crippen LogP contribution >= 0.6 is 0 Å². The van der Waals surface area contributed by atoms with Gasteiger partial charge in [0.25, 0.3) is 5.91 Å². The highest BCUT2D eigenvalue weighted by atomic mass is 16.5. The number of hydrogen-bond donors (Lipinski definition) is 1. The van der Waals surface area contributed by atoms with Crippen LogP contribution in [0.25, 0.3) is 0 Å². The summed E-state index contributed by atoms with van der Waals surface area (Å²) in [5.74, 6) is 1.16. The fourth-order valence-corrected chi connectivity index (χ4v) is 2.39. The van der Waals surface area contributed by atoms with Crippen LogP contribution in [0.2, 0.25) is 0 Å². The van der Waals surface area contributed by atoms with Crippen LogP contribution in [0.15, 0.2) is 48.5 Å². The summed E-state index contributed by atoms with van der Waals surface area (Å²) in [7, 11) is 1.60. The van der Waals surface area contributed by atoms with E-state index in [9.17, 15) is 4.79 Å². The summed E-state index contributed by atoms with van der Waals surface area (Å²) in [6.07, 6.45) is 0.418. The summed E-state index contributed by atoms with van der Waals surface area (Å²) in [6, 6.07) is 15.4. The van der Waals surface area contributed by atoms with Gasteiger partial charge in [0.2, 0.25) is 0 Å². The Labute approximate surface area is 143 Å². The molecular formula is C20H25NO3. The number of nitrogens with one attached hydrogen (secondary N) is 1. The van der Waals surface area contributed by atoms with Crippen LogP contribution in [0.4, 0.5) is 0 Å². The second kappa shape index (κ2) is 8.39. The number of carbonyl (C=O) groups excluding carboxylic acids is 1. The van der Waals surface area contributed by atoms with E-state index >= 15 is 0 Å². The molecule has 128 valence electrons. The lowest BCUT2D eigenvalue weighted by molar-refractivity contribution is -0.127. The molecule has 2 atom stereocenters. The molecule has 0 radical (unpaired) electrons. The average molecular weight is 327 g/mol. The number of rotatable bonds is 7. The minimum Gasteiger partial charge on any atom is -0.497 e. The Morgan fingerprint density at radius 3 is 2.38 bits per heavy atom. The Morgan fingerprint density at radius 1 is 1.08 bits per heavy atom. The Bertz CT molecular complexity index is 667. The number of aryl methyl sites for hydroxylation is 1. The van der Waals surface area contributed by atoms with E-state index in [1.165, 1.54) is 5.56 Å². The Morgan fingerprint density at radius 2 is 1.75 bits per heavy atom. The minimum atomic E-state index is -0.588. The van der Waals surface area contributed by atoms with Crippen LogP contribution in [0.5, 0.6) is 11.5 Å². The minimum absolute atomic E-state index is 0.0697. The molecule has 0 aliphatic rings. The predicted octanol–water partition coefficient (Wildman–Crippen LogP) is 3.90. The quantitative estimate of drug-likeness (QED) is 0.839. The van der Waals surface area contributed by atoms with E-state index in [1.807, 2.05) is 19.1 Å². The molecule has 0 spiro atoms. The molecule has 0 aliphatic carbocycles. The molecule has 24 heavy (non-hydrogen) atoms. The fourth-order valence-electron chi connectivity index (χ4n) is 2.39. The van der Waals surface area contributed by atoms with Crippen LogP contribution < -0.4 is 14.8 Å². The topological polar surface area (TPSA) is 47.6 Å². The van der Waals surface area contributed by atoms with Crippen LogP contribution in [-0.4, -0.2) is 19.1 Å². The van der Waals surface area contributed by atoms with Crippen molar-refractivity contribution < 1.29 is 14.3 Å². The predicted molar refractivity (Wildman–Crippen MR) is 95.5 cm³/mol. The van der Waals surface area contributed by atoms with Crippen molar-refractivity contribution in [2.75, 3.05) is 7.11 Å². The number of hydrogen-bond acceptors (Lipinski definition) is 3. The lowest BCUT2D eigenvalue weighted by atomic mass is 10.0. The Hall–Kier alpha value is -2.49.